The summed E-state index contributed by atoms with van der Waals surface area (Å²) in [6, 6.07) is 0. The number of carbonyl (C=O) groups excluding carboxylic acids is 2. The molecule has 0 saturated carbocycles. The van der Waals surface area contributed by atoms with Gasteiger partial charge in [-0.3, -0.25) is 9.59 Å². The molecule has 0 radical (unpaired) electrons. The first-order valence-corrected chi connectivity index (χ1v) is 6.97. The Hall–Kier alpha value is -1.08. The minimum Gasteiger partial charge on any atom is -0.339 e. The molecule has 0 saturated heterocycles. The molecule has 6 nitrogen and oxygen atoms in total. The van der Waals surface area contributed by atoms with Crippen molar-refractivity contribution in [1.82, 2.24) is 10.6 Å². The first-order valence-electron chi connectivity index (χ1n) is 4.82. The summed E-state index contributed by atoms with van der Waals surface area (Å²) in [5, 5.41) is 4.65. The normalized spacial score (nSPS) is 12.6. The highest BCUT2D eigenvalue weighted by Crippen LogP contribution is 2.07. The largest absolute Gasteiger partial charge is 0.339 e. The Kier molecular flexibility index (Phi) is 6.82. The fourth-order valence-electron chi connectivity index (χ4n) is 0.788. The molecule has 0 aliphatic carbocycles. The smallest absolute Gasteiger partial charge is 0.244 e. The van der Waals surface area contributed by atoms with Gasteiger partial charge in [0.15, 0.2) is 9.84 Å². The SMILES string of the molecule is C=CC(=O)NCNC(=O)CCS(=O)(=O)C(C)Cl. The van der Waals surface area contributed by atoms with Crippen LogP contribution in [-0.4, -0.2) is 37.4 Å². The molecule has 0 aliphatic rings. The number of rotatable bonds is 7. The van der Waals surface area contributed by atoms with Gasteiger partial charge in [0.1, 0.15) is 4.71 Å². The van der Waals surface area contributed by atoms with Crippen LogP contribution >= 0.6 is 11.6 Å². The Balaban J connectivity index is 3.89. The molecule has 0 aromatic rings. The van der Waals surface area contributed by atoms with Gasteiger partial charge in [-0.15, -0.1) is 11.6 Å². The van der Waals surface area contributed by atoms with Gasteiger partial charge in [-0.25, -0.2) is 8.42 Å². The Labute approximate surface area is 105 Å². The van der Waals surface area contributed by atoms with E-state index in [4.69, 9.17) is 11.6 Å². The van der Waals surface area contributed by atoms with Crippen LogP contribution in [0.2, 0.25) is 0 Å². The van der Waals surface area contributed by atoms with Gasteiger partial charge < -0.3 is 10.6 Å². The predicted octanol–water partition coefficient (Wildman–Crippen LogP) is -0.248. The number of sulfone groups is 1. The van der Waals surface area contributed by atoms with Crippen molar-refractivity contribution in [2.45, 2.75) is 18.1 Å². The second-order valence-corrected chi connectivity index (χ2v) is 6.54. The summed E-state index contributed by atoms with van der Waals surface area (Å²) in [5.74, 6) is -1.22. The molecule has 1 unspecified atom stereocenters. The van der Waals surface area contributed by atoms with Gasteiger partial charge in [-0.1, -0.05) is 6.58 Å². The molecule has 0 spiro atoms. The molecule has 0 heterocycles. The van der Waals surface area contributed by atoms with Gasteiger partial charge in [-0.2, -0.15) is 0 Å². The Morgan fingerprint density at radius 2 is 2.00 bits per heavy atom. The van der Waals surface area contributed by atoms with Crippen molar-refractivity contribution in [3.63, 3.8) is 0 Å². The molecule has 0 aromatic carbocycles. The zero-order valence-corrected chi connectivity index (χ0v) is 11.0. The van der Waals surface area contributed by atoms with Gasteiger partial charge in [0, 0.05) is 6.42 Å². The first-order chi connectivity index (χ1) is 7.79. The molecule has 8 heteroatoms. The van der Waals surface area contributed by atoms with E-state index in [1.54, 1.807) is 0 Å². The zero-order chi connectivity index (χ0) is 13.5. The van der Waals surface area contributed by atoms with E-state index in [9.17, 15) is 18.0 Å². The monoisotopic (exact) mass is 282 g/mol. The highest BCUT2D eigenvalue weighted by atomic mass is 35.5. The molecule has 98 valence electrons. The highest BCUT2D eigenvalue weighted by Gasteiger charge is 2.19. The van der Waals surface area contributed by atoms with Crippen LogP contribution in [0.15, 0.2) is 12.7 Å². The second-order valence-electron chi connectivity index (χ2n) is 3.18. The molecule has 0 fully saturated rings. The van der Waals surface area contributed by atoms with Crippen molar-refractivity contribution in [2.24, 2.45) is 0 Å². The Bertz CT molecular complexity index is 392. The molecule has 0 aromatic heterocycles. The van der Waals surface area contributed by atoms with Crippen molar-refractivity contribution >= 4 is 33.3 Å². The van der Waals surface area contributed by atoms with Crippen molar-refractivity contribution in [3.8, 4) is 0 Å². The summed E-state index contributed by atoms with van der Waals surface area (Å²) < 4.78 is 21.5. The third kappa shape index (κ3) is 6.96. The zero-order valence-electron chi connectivity index (χ0n) is 9.40. The molecule has 2 N–H and O–H groups in total. The van der Waals surface area contributed by atoms with Crippen LogP contribution in [0.5, 0.6) is 0 Å². The molecule has 0 bridgehead atoms. The molecule has 2 amide bonds. The van der Waals surface area contributed by atoms with E-state index in [-0.39, 0.29) is 18.8 Å². The third-order valence-electron chi connectivity index (χ3n) is 1.84. The molecule has 0 aliphatic heterocycles. The molecule has 17 heavy (non-hydrogen) atoms. The predicted molar refractivity (Wildman–Crippen MR) is 65.1 cm³/mol. The number of hydrogen-bond acceptors (Lipinski definition) is 4. The molecular formula is C9H15ClN2O4S. The maximum Gasteiger partial charge on any atom is 0.244 e. The number of hydrogen-bond donors (Lipinski definition) is 2. The van der Waals surface area contributed by atoms with Crippen molar-refractivity contribution < 1.29 is 18.0 Å². The molecule has 0 rings (SSSR count). The van der Waals surface area contributed by atoms with Crippen LogP contribution in [0.4, 0.5) is 0 Å². The summed E-state index contributed by atoms with van der Waals surface area (Å²) in [4.78, 5) is 21.9. The van der Waals surface area contributed by atoms with E-state index >= 15 is 0 Å². The van der Waals surface area contributed by atoms with Crippen LogP contribution in [0.25, 0.3) is 0 Å². The minimum absolute atomic E-state index is 0.0693. The van der Waals surface area contributed by atoms with Crippen LogP contribution in [0, 0.1) is 0 Å². The lowest BCUT2D eigenvalue weighted by atomic mass is 10.4. The summed E-state index contributed by atoms with van der Waals surface area (Å²) >= 11 is 5.43. The highest BCUT2D eigenvalue weighted by molar-refractivity contribution is 7.93. The summed E-state index contributed by atoms with van der Waals surface area (Å²) in [6.45, 7) is 4.49. The van der Waals surface area contributed by atoms with Crippen LogP contribution in [-0.2, 0) is 19.4 Å². The van der Waals surface area contributed by atoms with Crippen LogP contribution < -0.4 is 10.6 Å². The Morgan fingerprint density at radius 1 is 1.41 bits per heavy atom. The second kappa shape index (κ2) is 7.29. The number of nitrogens with one attached hydrogen (secondary N) is 2. The fourth-order valence-corrected chi connectivity index (χ4v) is 1.85. The first kappa shape index (κ1) is 15.9. The molecular weight excluding hydrogens is 268 g/mol. The molecule has 1 atom stereocenters. The minimum atomic E-state index is -3.44. The van der Waals surface area contributed by atoms with E-state index in [0.29, 0.717) is 0 Å². The van der Waals surface area contributed by atoms with Gasteiger partial charge in [0.05, 0.1) is 12.4 Å². The lowest BCUT2D eigenvalue weighted by Crippen LogP contribution is -2.37. The lowest BCUT2D eigenvalue weighted by molar-refractivity contribution is -0.121. The summed E-state index contributed by atoms with van der Waals surface area (Å²) in [5.41, 5.74) is 0. The average Bonchev–Trinajstić information content (AvgIpc) is 2.26. The van der Waals surface area contributed by atoms with E-state index in [1.807, 2.05) is 0 Å². The van der Waals surface area contributed by atoms with Gasteiger partial charge in [0.25, 0.3) is 0 Å². The van der Waals surface area contributed by atoms with Crippen LogP contribution in [0.1, 0.15) is 13.3 Å². The van der Waals surface area contributed by atoms with Crippen LogP contribution in [0.3, 0.4) is 0 Å². The Morgan fingerprint density at radius 3 is 2.47 bits per heavy atom. The van der Waals surface area contributed by atoms with Gasteiger partial charge >= 0.3 is 0 Å². The van der Waals surface area contributed by atoms with E-state index in [2.05, 4.69) is 17.2 Å². The standard InChI is InChI=1S/C9H15ClN2O4S/c1-3-8(13)11-6-12-9(14)4-5-17(15,16)7(2)10/h3,7H,1,4-6H2,2H3,(H,11,13)(H,12,14). The van der Waals surface area contributed by atoms with Crippen molar-refractivity contribution in [2.75, 3.05) is 12.4 Å². The van der Waals surface area contributed by atoms with E-state index < -0.39 is 26.4 Å². The van der Waals surface area contributed by atoms with Gasteiger partial charge in [0.2, 0.25) is 11.8 Å². The number of halogens is 1. The maximum atomic E-state index is 11.3. The number of alkyl halides is 1. The average molecular weight is 283 g/mol. The topological polar surface area (TPSA) is 92.3 Å². The summed E-state index contributed by atoms with van der Waals surface area (Å²) in [6.07, 6.45) is 0.870. The van der Waals surface area contributed by atoms with Crippen molar-refractivity contribution in [1.29, 1.82) is 0 Å². The number of carbonyl (C=O) groups is 2. The lowest BCUT2D eigenvalue weighted by Gasteiger charge is -2.07. The van der Waals surface area contributed by atoms with Gasteiger partial charge in [-0.05, 0) is 13.0 Å². The maximum absolute atomic E-state index is 11.3. The number of amides is 2. The van der Waals surface area contributed by atoms with E-state index in [1.165, 1.54) is 6.92 Å². The fraction of sp³-hybridized carbons (Fsp3) is 0.556. The van der Waals surface area contributed by atoms with E-state index in [0.717, 1.165) is 6.08 Å². The van der Waals surface area contributed by atoms with Crippen molar-refractivity contribution in [3.05, 3.63) is 12.7 Å². The quantitative estimate of drug-likeness (QED) is 0.383. The third-order valence-corrected chi connectivity index (χ3v) is 4.42. The summed E-state index contributed by atoms with van der Waals surface area (Å²) in [7, 11) is -3.44.